The number of allylic oxidation sites excluding steroid dienone is 1. The molecule has 0 aliphatic carbocycles. The molecule has 3 aromatic rings. The molecule has 4 heteroatoms. The molecule has 3 aromatic carbocycles. The molecule has 0 N–H and O–H groups in total. The molecule has 0 bridgehead atoms. The Bertz CT molecular complexity index is 1110. The van der Waals surface area contributed by atoms with Crippen LogP contribution in [0, 0.1) is 0 Å². The molecule has 1 amide bonds. The minimum absolute atomic E-state index is 0.0310. The van der Waals surface area contributed by atoms with Crippen molar-refractivity contribution in [3.8, 4) is 0 Å². The van der Waals surface area contributed by atoms with Gasteiger partial charge in [-0.15, -0.1) is 0 Å². The van der Waals surface area contributed by atoms with Crippen molar-refractivity contribution in [1.82, 2.24) is 4.90 Å². The van der Waals surface area contributed by atoms with Gasteiger partial charge < -0.3 is 4.90 Å². The molecule has 1 saturated heterocycles. The maximum Gasteiger partial charge on any atom is 0.265 e. The summed E-state index contributed by atoms with van der Waals surface area (Å²) in [6.07, 6.45) is 1.99. The standard InChI is InChI=1S/C25H21ClN2O/c26-19-10-6-11-20(16-19)28-22-13-5-4-12-21(22)24(25(28)29)23-14-7-15-27(23)17-18-8-2-1-3-9-18/h1-6,8-13,16H,7,14-15,17H2/b24-23-. The third-order valence-corrected chi connectivity index (χ3v) is 5.86. The van der Waals surface area contributed by atoms with Crippen LogP contribution in [0.15, 0.2) is 84.6 Å². The Morgan fingerprint density at radius 2 is 1.69 bits per heavy atom. The van der Waals surface area contributed by atoms with E-state index >= 15 is 0 Å². The molecule has 0 aromatic heterocycles. The Morgan fingerprint density at radius 1 is 0.897 bits per heavy atom. The maximum atomic E-state index is 13.7. The largest absolute Gasteiger partial charge is 0.370 e. The summed E-state index contributed by atoms with van der Waals surface area (Å²) in [5.74, 6) is 0.0310. The molecule has 2 aliphatic heterocycles. The van der Waals surface area contributed by atoms with Gasteiger partial charge in [-0.3, -0.25) is 9.69 Å². The first-order chi connectivity index (χ1) is 14.2. The highest BCUT2D eigenvalue weighted by atomic mass is 35.5. The second kappa shape index (κ2) is 7.41. The van der Waals surface area contributed by atoms with Gasteiger partial charge in [0.25, 0.3) is 5.91 Å². The van der Waals surface area contributed by atoms with Gasteiger partial charge in [0.1, 0.15) is 0 Å². The molecule has 29 heavy (non-hydrogen) atoms. The van der Waals surface area contributed by atoms with Gasteiger partial charge in [0.15, 0.2) is 0 Å². The Hall–Kier alpha value is -3.04. The number of anilines is 2. The van der Waals surface area contributed by atoms with Crippen molar-refractivity contribution in [3.05, 3.63) is 101 Å². The molecule has 144 valence electrons. The summed E-state index contributed by atoms with van der Waals surface area (Å²) in [7, 11) is 0. The number of benzene rings is 3. The Morgan fingerprint density at radius 3 is 2.52 bits per heavy atom. The van der Waals surface area contributed by atoms with Gasteiger partial charge in [-0.05, 0) is 42.7 Å². The monoisotopic (exact) mass is 400 g/mol. The lowest BCUT2D eigenvalue weighted by atomic mass is 10.0. The van der Waals surface area contributed by atoms with Crippen molar-refractivity contribution < 1.29 is 4.79 Å². The van der Waals surface area contributed by atoms with Gasteiger partial charge in [-0.2, -0.15) is 0 Å². The molecule has 2 aliphatic rings. The highest BCUT2D eigenvalue weighted by Crippen LogP contribution is 2.45. The van der Waals surface area contributed by atoms with Gasteiger partial charge >= 0.3 is 0 Å². The molecule has 3 nitrogen and oxygen atoms in total. The third-order valence-electron chi connectivity index (χ3n) is 5.63. The number of carbonyl (C=O) groups excluding carboxylic acids is 1. The fraction of sp³-hybridized carbons (Fsp3) is 0.160. The van der Waals surface area contributed by atoms with E-state index in [0.717, 1.165) is 54.1 Å². The van der Waals surface area contributed by atoms with E-state index in [1.54, 1.807) is 4.90 Å². The van der Waals surface area contributed by atoms with Crippen LogP contribution in [-0.2, 0) is 11.3 Å². The SMILES string of the molecule is O=C1/C(=C2/CCCN2Cc2ccccc2)c2ccccc2N1c1cccc(Cl)c1. The van der Waals surface area contributed by atoms with Crippen molar-refractivity contribution in [1.29, 1.82) is 0 Å². The zero-order valence-electron chi connectivity index (χ0n) is 16.0. The van der Waals surface area contributed by atoms with Crippen molar-refractivity contribution in [3.63, 3.8) is 0 Å². The fourth-order valence-corrected chi connectivity index (χ4v) is 4.54. The minimum Gasteiger partial charge on any atom is -0.370 e. The third kappa shape index (κ3) is 3.22. The smallest absolute Gasteiger partial charge is 0.265 e. The Labute approximate surface area is 175 Å². The van der Waals surface area contributed by atoms with E-state index in [9.17, 15) is 4.79 Å². The summed E-state index contributed by atoms with van der Waals surface area (Å²) in [5, 5.41) is 0.625. The second-order valence-electron chi connectivity index (χ2n) is 7.47. The number of halogens is 1. The highest BCUT2D eigenvalue weighted by molar-refractivity contribution is 6.36. The van der Waals surface area contributed by atoms with E-state index in [1.165, 1.54) is 5.56 Å². The summed E-state index contributed by atoms with van der Waals surface area (Å²) < 4.78 is 0. The molecule has 0 unspecified atom stereocenters. The van der Waals surface area contributed by atoms with Crippen LogP contribution in [0.3, 0.4) is 0 Å². The van der Waals surface area contributed by atoms with Gasteiger partial charge in [-0.1, -0.05) is 66.2 Å². The predicted octanol–water partition coefficient (Wildman–Crippen LogP) is 6.03. The van der Waals surface area contributed by atoms with Crippen LogP contribution in [0.25, 0.3) is 5.57 Å². The van der Waals surface area contributed by atoms with Crippen LogP contribution in [0.1, 0.15) is 24.0 Å². The van der Waals surface area contributed by atoms with E-state index in [1.807, 2.05) is 48.5 Å². The number of carbonyl (C=O) groups is 1. The van der Waals surface area contributed by atoms with Crippen LogP contribution >= 0.6 is 11.6 Å². The first-order valence-corrected chi connectivity index (χ1v) is 10.3. The average Bonchev–Trinajstić information content (AvgIpc) is 3.29. The number of nitrogens with zero attached hydrogens (tertiary/aromatic N) is 2. The zero-order valence-corrected chi connectivity index (χ0v) is 16.8. The normalized spacial score (nSPS) is 18.4. The van der Waals surface area contributed by atoms with Crippen molar-refractivity contribution >= 4 is 34.5 Å². The van der Waals surface area contributed by atoms with Gasteiger partial charge in [0.05, 0.1) is 16.9 Å². The number of rotatable bonds is 3. The minimum atomic E-state index is 0.0310. The van der Waals surface area contributed by atoms with Crippen LogP contribution in [0.5, 0.6) is 0 Å². The lowest BCUT2D eigenvalue weighted by molar-refractivity contribution is -0.112. The predicted molar refractivity (Wildman–Crippen MR) is 118 cm³/mol. The molecule has 0 spiro atoms. The molecule has 5 rings (SSSR count). The number of fused-ring (bicyclic) bond motifs is 1. The van der Waals surface area contributed by atoms with E-state index in [2.05, 4.69) is 35.2 Å². The summed E-state index contributed by atoms with van der Waals surface area (Å²) in [4.78, 5) is 17.8. The first-order valence-electron chi connectivity index (χ1n) is 9.94. The molecule has 0 radical (unpaired) electrons. The molecule has 0 atom stereocenters. The average molecular weight is 401 g/mol. The fourth-order valence-electron chi connectivity index (χ4n) is 4.36. The van der Waals surface area contributed by atoms with E-state index in [0.29, 0.717) is 5.02 Å². The lowest BCUT2D eigenvalue weighted by Gasteiger charge is -2.22. The number of hydrogen-bond donors (Lipinski definition) is 0. The Kier molecular flexibility index (Phi) is 4.61. The van der Waals surface area contributed by atoms with Crippen molar-refractivity contribution in [2.75, 3.05) is 11.4 Å². The molecule has 0 saturated carbocycles. The molecular formula is C25H21ClN2O. The molecular weight excluding hydrogens is 380 g/mol. The van der Waals surface area contributed by atoms with Crippen LogP contribution in [0.2, 0.25) is 5.02 Å². The highest BCUT2D eigenvalue weighted by Gasteiger charge is 2.37. The summed E-state index contributed by atoms with van der Waals surface area (Å²) in [5.41, 5.74) is 5.97. The van der Waals surface area contributed by atoms with Gasteiger partial charge in [0.2, 0.25) is 0 Å². The summed E-state index contributed by atoms with van der Waals surface area (Å²) in [6.45, 7) is 1.80. The van der Waals surface area contributed by atoms with Crippen LogP contribution in [-0.4, -0.2) is 17.4 Å². The molecule has 2 heterocycles. The van der Waals surface area contributed by atoms with Gasteiger partial charge in [-0.25, -0.2) is 0 Å². The Balaban J connectivity index is 1.60. The number of likely N-dealkylation sites (tertiary alicyclic amines) is 1. The number of para-hydroxylation sites is 1. The number of amides is 1. The zero-order chi connectivity index (χ0) is 19.8. The van der Waals surface area contributed by atoms with Gasteiger partial charge in [0, 0.05) is 29.4 Å². The summed E-state index contributed by atoms with van der Waals surface area (Å²) in [6, 6.07) is 26.0. The quantitative estimate of drug-likeness (QED) is 0.501. The number of hydrogen-bond acceptors (Lipinski definition) is 2. The lowest BCUT2D eigenvalue weighted by Crippen LogP contribution is -2.24. The van der Waals surface area contributed by atoms with Crippen molar-refractivity contribution in [2.24, 2.45) is 0 Å². The molecule has 1 fully saturated rings. The topological polar surface area (TPSA) is 23.6 Å². The van der Waals surface area contributed by atoms with E-state index in [4.69, 9.17) is 11.6 Å². The van der Waals surface area contributed by atoms with Crippen LogP contribution < -0.4 is 4.90 Å². The summed E-state index contributed by atoms with van der Waals surface area (Å²) >= 11 is 6.22. The maximum absolute atomic E-state index is 13.7. The second-order valence-corrected chi connectivity index (χ2v) is 7.91. The van der Waals surface area contributed by atoms with E-state index < -0.39 is 0 Å². The van der Waals surface area contributed by atoms with E-state index in [-0.39, 0.29) is 5.91 Å². The first kappa shape index (κ1) is 18.0. The van der Waals surface area contributed by atoms with Crippen LogP contribution in [0.4, 0.5) is 11.4 Å². The van der Waals surface area contributed by atoms with Crippen molar-refractivity contribution in [2.45, 2.75) is 19.4 Å².